The number of carbonyl (C=O) groups is 2. The summed E-state index contributed by atoms with van der Waals surface area (Å²) in [6, 6.07) is 0. The van der Waals surface area contributed by atoms with E-state index in [0.29, 0.717) is 19.6 Å². The average Bonchev–Trinajstić information content (AvgIpc) is 2.36. The minimum absolute atomic E-state index is 0.229. The molecule has 0 saturated carbocycles. The molecule has 1 aliphatic rings. The van der Waals surface area contributed by atoms with E-state index in [9.17, 15) is 18.0 Å². The van der Waals surface area contributed by atoms with Crippen LogP contribution in [0, 0.1) is 0 Å². The summed E-state index contributed by atoms with van der Waals surface area (Å²) in [5, 5.41) is 10.1. The van der Waals surface area contributed by atoms with Crippen LogP contribution in [0.1, 0.15) is 6.42 Å². The van der Waals surface area contributed by atoms with Gasteiger partial charge in [0.25, 0.3) is 0 Å². The van der Waals surface area contributed by atoms with E-state index in [-0.39, 0.29) is 5.91 Å². The molecule has 0 unspecified atom stereocenters. The number of nitrogens with one attached hydrogen (secondary N) is 1. The number of morpholine rings is 1. The highest BCUT2D eigenvalue weighted by atomic mass is 19.4. The minimum Gasteiger partial charge on any atom is -0.475 e. The number of carbonyl (C=O) groups excluding carboxylic acids is 1. The van der Waals surface area contributed by atoms with Gasteiger partial charge in [-0.3, -0.25) is 4.79 Å². The Morgan fingerprint density at radius 1 is 1.32 bits per heavy atom. The molecule has 1 rings (SSSR count). The Labute approximate surface area is 108 Å². The standard InChI is InChI=1S/C8H16N2O2.C2HF3O2/c1-9-3-2-8(11)10-4-6-12-7-5-10;3-2(4,5)1(6)7/h9H,2-7H2,1H3;(H,6,7). The van der Waals surface area contributed by atoms with Crippen molar-refractivity contribution in [2.75, 3.05) is 39.9 Å². The van der Waals surface area contributed by atoms with Gasteiger partial charge in [-0.1, -0.05) is 0 Å². The van der Waals surface area contributed by atoms with Gasteiger partial charge in [0.2, 0.25) is 5.91 Å². The summed E-state index contributed by atoms with van der Waals surface area (Å²) in [4.78, 5) is 22.1. The van der Waals surface area contributed by atoms with E-state index < -0.39 is 12.1 Å². The lowest BCUT2D eigenvalue weighted by atomic mass is 10.3. The smallest absolute Gasteiger partial charge is 0.475 e. The Morgan fingerprint density at radius 2 is 1.79 bits per heavy atom. The molecular weight excluding hydrogens is 269 g/mol. The van der Waals surface area contributed by atoms with Crippen molar-refractivity contribution in [2.24, 2.45) is 0 Å². The van der Waals surface area contributed by atoms with Crippen LogP contribution in [0.3, 0.4) is 0 Å². The third-order valence-electron chi connectivity index (χ3n) is 2.20. The van der Waals surface area contributed by atoms with Gasteiger partial charge >= 0.3 is 12.1 Å². The van der Waals surface area contributed by atoms with E-state index in [4.69, 9.17) is 14.6 Å². The number of nitrogens with zero attached hydrogens (tertiary/aromatic N) is 1. The minimum atomic E-state index is -5.08. The Morgan fingerprint density at radius 3 is 2.16 bits per heavy atom. The third-order valence-corrected chi connectivity index (χ3v) is 2.20. The van der Waals surface area contributed by atoms with Gasteiger partial charge in [-0.2, -0.15) is 13.2 Å². The number of alkyl halides is 3. The molecular formula is C10H17F3N2O4. The zero-order valence-electron chi connectivity index (χ0n) is 10.5. The summed E-state index contributed by atoms with van der Waals surface area (Å²) in [5.74, 6) is -2.53. The molecule has 0 spiro atoms. The first-order valence-corrected chi connectivity index (χ1v) is 5.59. The summed E-state index contributed by atoms with van der Waals surface area (Å²) in [6.45, 7) is 3.64. The van der Waals surface area contributed by atoms with Crippen LogP contribution in [-0.4, -0.2) is 68.0 Å². The number of carboxylic acid groups (broad SMARTS) is 1. The van der Waals surface area contributed by atoms with Crippen molar-refractivity contribution in [1.29, 1.82) is 0 Å². The monoisotopic (exact) mass is 286 g/mol. The topological polar surface area (TPSA) is 78.9 Å². The Bertz CT molecular complexity index is 291. The molecule has 2 N–H and O–H groups in total. The van der Waals surface area contributed by atoms with Crippen LogP contribution >= 0.6 is 0 Å². The van der Waals surface area contributed by atoms with Gasteiger partial charge < -0.3 is 20.1 Å². The van der Waals surface area contributed by atoms with Crippen LogP contribution < -0.4 is 5.32 Å². The fourth-order valence-corrected chi connectivity index (χ4v) is 1.20. The predicted octanol–water partition coefficient (Wildman–Crippen LogP) is 0.0880. The van der Waals surface area contributed by atoms with Gasteiger partial charge in [0.1, 0.15) is 0 Å². The molecule has 6 nitrogen and oxygen atoms in total. The average molecular weight is 286 g/mol. The number of ether oxygens (including phenoxy) is 1. The summed E-state index contributed by atoms with van der Waals surface area (Å²) in [6.07, 6.45) is -4.49. The molecule has 0 aliphatic carbocycles. The quantitative estimate of drug-likeness (QED) is 0.768. The maximum atomic E-state index is 11.4. The largest absolute Gasteiger partial charge is 0.490 e. The fraction of sp³-hybridized carbons (Fsp3) is 0.800. The van der Waals surface area contributed by atoms with Crippen LogP contribution in [-0.2, 0) is 14.3 Å². The lowest BCUT2D eigenvalue weighted by Gasteiger charge is -2.26. The van der Waals surface area contributed by atoms with E-state index in [1.165, 1.54) is 0 Å². The zero-order valence-corrected chi connectivity index (χ0v) is 10.5. The van der Waals surface area contributed by atoms with Crippen molar-refractivity contribution in [3.63, 3.8) is 0 Å². The van der Waals surface area contributed by atoms with E-state index in [1.54, 1.807) is 0 Å². The SMILES string of the molecule is CNCCC(=O)N1CCOCC1.O=C(O)C(F)(F)F. The third kappa shape index (κ3) is 8.38. The molecule has 19 heavy (non-hydrogen) atoms. The Kier molecular flexibility index (Phi) is 8.08. The summed E-state index contributed by atoms with van der Waals surface area (Å²) < 4.78 is 36.9. The van der Waals surface area contributed by atoms with Crippen molar-refractivity contribution in [1.82, 2.24) is 10.2 Å². The molecule has 1 heterocycles. The second-order valence-corrected chi connectivity index (χ2v) is 3.65. The predicted molar refractivity (Wildman–Crippen MR) is 59.6 cm³/mol. The van der Waals surface area contributed by atoms with Gasteiger partial charge in [0.05, 0.1) is 13.2 Å². The Balaban J connectivity index is 0.000000399. The van der Waals surface area contributed by atoms with E-state index >= 15 is 0 Å². The lowest BCUT2D eigenvalue weighted by molar-refractivity contribution is -0.192. The highest BCUT2D eigenvalue weighted by Crippen LogP contribution is 2.13. The zero-order chi connectivity index (χ0) is 14.9. The van der Waals surface area contributed by atoms with Gasteiger partial charge in [0.15, 0.2) is 0 Å². The van der Waals surface area contributed by atoms with E-state index in [0.717, 1.165) is 19.6 Å². The number of aliphatic carboxylic acids is 1. The molecule has 0 radical (unpaired) electrons. The molecule has 1 aliphatic heterocycles. The second-order valence-electron chi connectivity index (χ2n) is 3.65. The van der Waals surface area contributed by atoms with Crippen LogP contribution in [0.25, 0.3) is 0 Å². The number of hydrogen-bond acceptors (Lipinski definition) is 4. The molecule has 0 aromatic heterocycles. The number of amides is 1. The first-order chi connectivity index (χ1) is 8.79. The number of halogens is 3. The van der Waals surface area contributed by atoms with Crippen molar-refractivity contribution < 1.29 is 32.6 Å². The van der Waals surface area contributed by atoms with Crippen LogP contribution in [0.5, 0.6) is 0 Å². The van der Waals surface area contributed by atoms with Gasteiger partial charge in [-0.15, -0.1) is 0 Å². The Hall–Kier alpha value is -1.35. The molecule has 9 heteroatoms. The van der Waals surface area contributed by atoms with Crippen molar-refractivity contribution >= 4 is 11.9 Å². The highest BCUT2D eigenvalue weighted by Gasteiger charge is 2.38. The molecule has 0 aromatic carbocycles. The summed E-state index contributed by atoms with van der Waals surface area (Å²) >= 11 is 0. The molecule has 0 aromatic rings. The normalized spacial score (nSPS) is 15.5. The van der Waals surface area contributed by atoms with Crippen molar-refractivity contribution in [3.8, 4) is 0 Å². The molecule has 1 fully saturated rings. The molecule has 0 atom stereocenters. The lowest BCUT2D eigenvalue weighted by Crippen LogP contribution is -2.41. The van der Waals surface area contributed by atoms with Gasteiger partial charge in [-0.25, -0.2) is 4.79 Å². The fourth-order valence-electron chi connectivity index (χ4n) is 1.20. The maximum absolute atomic E-state index is 11.4. The van der Waals surface area contributed by atoms with Crippen molar-refractivity contribution in [3.05, 3.63) is 0 Å². The second kappa shape index (κ2) is 8.70. The number of rotatable bonds is 3. The van der Waals surface area contributed by atoms with Crippen LogP contribution in [0.4, 0.5) is 13.2 Å². The maximum Gasteiger partial charge on any atom is 0.490 e. The van der Waals surface area contributed by atoms with E-state index in [2.05, 4.69) is 5.32 Å². The highest BCUT2D eigenvalue weighted by molar-refractivity contribution is 5.76. The first kappa shape index (κ1) is 17.6. The summed E-state index contributed by atoms with van der Waals surface area (Å²) in [5.41, 5.74) is 0. The summed E-state index contributed by atoms with van der Waals surface area (Å²) in [7, 11) is 1.85. The van der Waals surface area contributed by atoms with Crippen molar-refractivity contribution in [2.45, 2.75) is 12.6 Å². The van der Waals surface area contributed by atoms with Crippen LogP contribution in [0.2, 0.25) is 0 Å². The van der Waals surface area contributed by atoms with Gasteiger partial charge in [-0.05, 0) is 7.05 Å². The molecule has 1 amide bonds. The van der Waals surface area contributed by atoms with Gasteiger partial charge in [0, 0.05) is 26.1 Å². The number of hydrogen-bond donors (Lipinski definition) is 2. The molecule has 0 bridgehead atoms. The number of carboxylic acids is 1. The first-order valence-electron chi connectivity index (χ1n) is 5.59. The molecule has 1 saturated heterocycles. The van der Waals surface area contributed by atoms with Crippen LogP contribution in [0.15, 0.2) is 0 Å². The van der Waals surface area contributed by atoms with E-state index in [1.807, 2.05) is 11.9 Å². The molecule has 112 valence electrons.